The molecule has 2 rings (SSSR count). The molecule has 2 aromatic rings. The van der Waals surface area contributed by atoms with Crippen LogP contribution in [0.3, 0.4) is 0 Å². The van der Waals surface area contributed by atoms with Crippen LogP contribution >= 0.6 is 15.9 Å². The van der Waals surface area contributed by atoms with Gasteiger partial charge in [0.15, 0.2) is 5.82 Å². The number of nitrogens with one attached hydrogen (secondary N) is 1. The third kappa shape index (κ3) is 3.98. The molecule has 0 spiro atoms. The van der Waals surface area contributed by atoms with E-state index >= 15 is 0 Å². The van der Waals surface area contributed by atoms with Crippen LogP contribution in [0.4, 0.5) is 5.82 Å². The summed E-state index contributed by atoms with van der Waals surface area (Å²) in [7, 11) is 1.65. The van der Waals surface area contributed by atoms with Crippen LogP contribution in [-0.2, 0) is 11.3 Å². The van der Waals surface area contributed by atoms with Crippen molar-refractivity contribution in [3.05, 3.63) is 34.1 Å². The molecule has 0 saturated heterocycles. The number of halogens is 1. The van der Waals surface area contributed by atoms with Crippen molar-refractivity contribution in [3.63, 3.8) is 0 Å². The predicted molar refractivity (Wildman–Crippen MR) is 87.2 cm³/mol. The van der Waals surface area contributed by atoms with Crippen molar-refractivity contribution in [1.29, 1.82) is 0 Å². The molecule has 5 nitrogen and oxygen atoms in total. The topological polar surface area (TPSA) is 59.9 Å². The van der Waals surface area contributed by atoms with E-state index in [0.717, 1.165) is 40.2 Å². The first-order chi connectivity index (χ1) is 10.2. The van der Waals surface area contributed by atoms with Gasteiger partial charge in [0.05, 0.1) is 16.8 Å². The monoisotopic (exact) mass is 350 g/mol. The molecule has 0 bridgehead atoms. The Morgan fingerprint density at radius 1 is 1.33 bits per heavy atom. The van der Waals surface area contributed by atoms with Crippen LogP contribution < -0.4 is 5.32 Å². The second-order valence-electron chi connectivity index (χ2n) is 4.73. The number of aromatic nitrogens is 3. The van der Waals surface area contributed by atoms with Gasteiger partial charge in [-0.15, -0.1) is 0 Å². The third-order valence-corrected chi connectivity index (χ3v) is 3.72. The molecule has 0 amide bonds. The quantitative estimate of drug-likeness (QED) is 0.862. The second kappa shape index (κ2) is 7.47. The van der Waals surface area contributed by atoms with Gasteiger partial charge in [0.25, 0.3) is 0 Å². The van der Waals surface area contributed by atoms with Crippen LogP contribution in [0.1, 0.15) is 24.6 Å². The van der Waals surface area contributed by atoms with E-state index in [2.05, 4.69) is 43.1 Å². The molecular formula is C15H19BrN4O. The average Bonchev–Trinajstić information content (AvgIpc) is 2.48. The van der Waals surface area contributed by atoms with E-state index in [0.29, 0.717) is 12.4 Å². The van der Waals surface area contributed by atoms with Gasteiger partial charge in [0, 0.05) is 19.9 Å². The summed E-state index contributed by atoms with van der Waals surface area (Å²) < 4.78 is 6.06. The van der Waals surface area contributed by atoms with E-state index < -0.39 is 0 Å². The van der Waals surface area contributed by atoms with Gasteiger partial charge in [-0.25, -0.2) is 9.97 Å². The molecule has 0 aromatic carbocycles. The van der Waals surface area contributed by atoms with E-state index in [1.54, 1.807) is 13.3 Å². The van der Waals surface area contributed by atoms with Crippen molar-refractivity contribution in [1.82, 2.24) is 15.0 Å². The maximum absolute atomic E-state index is 5.21. The maximum atomic E-state index is 5.21. The van der Waals surface area contributed by atoms with E-state index in [-0.39, 0.29) is 0 Å². The largest absolute Gasteiger partial charge is 0.378 e. The van der Waals surface area contributed by atoms with Crippen molar-refractivity contribution < 1.29 is 4.74 Å². The lowest BCUT2D eigenvalue weighted by Gasteiger charge is -2.12. The van der Waals surface area contributed by atoms with Gasteiger partial charge in [-0.05, 0) is 47.0 Å². The highest BCUT2D eigenvalue weighted by molar-refractivity contribution is 9.10. The number of nitrogens with zero attached hydrogens (tertiary/aromatic N) is 3. The highest BCUT2D eigenvalue weighted by atomic mass is 79.9. The first kappa shape index (κ1) is 15.9. The Labute approximate surface area is 133 Å². The fraction of sp³-hybridized carbons (Fsp3) is 0.400. The summed E-state index contributed by atoms with van der Waals surface area (Å²) in [6, 6.07) is 3.93. The Hall–Kier alpha value is -1.53. The molecular weight excluding hydrogens is 332 g/mol. The third-order valence-electron chi connectivity index (χ3n) is 2.89. The number of anilines is 1. The number of aryl methyl sites for hydroxylation is 1. The molecule has 6 heteroatoms. The molecule has 0 aliphatic heterocycles. The average molecular weight is 351 g/mol. The van der Waals surface area contributed by atoms with E-state index in [1.807, 2.05) is 19.1 Å². The molecule has 0 aliphatic rings. The Balaban J connectivity index is 2.47. The maximum Gasteiger partial charge on any atom is 0.180 e. The molecule has 1 N–H and O–H groups in total. The molecule has 0 unspecified atom stereocenters. The lowest BCUT2D eigenvalue weighted by Crippen LogP contribution is -2.08. The SMILES string of the molecule is CCCNc1nc(-c2cc(C)ccn2)nc(COC)c1Br. The van der Waals surface area contributed by atoms with Crippen LogP contribution in [0, 0.1) is 6.92 Å². The zero-order valence-electron chi connectivity index (χ0n) is 12.5. The van der Waals surface area contributed by atoms with Gasteiger partial charge in [-0.3, -0.25) is 4.98 Å². The molecule has 0 radical (unpaired) electrons. The Morgan fingerprint density at radius 3 is 2.81 bits per heavy atom. The number of ether oxygens (including phenoxy) is 1. The minimum Gasteiger partial charge on any atom is -0.378 e. The summed E-state index contributed by atoms with van der Waals surface area (Å²) >= 11 is 3.55. The van der Waals surface area contributed by atoms with E-state index in [4.69, 9.17) is 4.74 Å². The normalized spacial score (nSPS) is 10.7. The Kier molecular flexibility index (Phi) is 5.64. The fourth-order valence-electron chi connectivity index (χ4n) is 1.86. The van der Waals surface area contributed by atoms with Crippen molar-refractivity contribution in [3.8, 4) is 11.5 Å². The molecule has 0 atom stereocenters. The lowest BCUT2D eigenvalue weighted by molar-refractivity contribution is 0.181. The first-order valence-corrected chi connectivity index (χ1v) is 7.67. The summed E-state index contributed by atoms with van der Waals surface area (Å²) in [5.74, 6) is 1.38. The summed E-state index contributed by atoms with van der Waals surface area (Å²) in [6.45, 7) is 5.41. The lowest BCUT2D eigenvalue weighted by atomic mass is 10.2. The van der Waals surface area contributed by atoms with Gasteiger partial charge >= 0.3 is 0 Å². The van der Waals surface area contributed by atoms with Crippen molar-refractivity contribution in [2.24, 2.45) is 0 Å². The minimum absolute atomic E-state index is 0.419. The van der Waals surface area contributed by atoms with E-state index in [1.165, 1.54) is 0 Å². The minimum atomic E-state index is 0.419. The molecule has 0 fully saturated rings. The molecule has 21 heavy (non-hydrogen) atoms. The highest BCUT2D eigenvalue weighted by Gasteiger charge is 2.14. The number of rotatable bonds is 6. The van der Waals surface area contributed by atoms with Gasteiger partial charge in [-0.2, -0.15) is 0 Å². The predicted octanol–water partition coefficient (Wildman–Crippen LogP) is 3.58. The standard InChI is InChI=1S/C15H19BrN4O/c1-4-6-18-15-13(16)12(9-21-3)19-14(20-15)11-8-10(2)5-7-17-11/h5,7-8H,4,6,9H2,1-3H3,(H,18,19,20). The van der Waals surface area contributed by atoms with Crippen LogP contribution in [0.15, 0.2) is 22.8 Å². The molecule has 2 heterocycles. The van der Waals surface area contributed by atoms with Crippen LogP contribution in [0.25, 0.3) is 11.5 Å². The van der Waals surface area contributed by atoms with Gasteiger partial charge in [0.2, 0.25) is 0 Å². The number of hydrogen-bond acceptors (Lipinski definition) is 5. The van der Waals surface area contributed by atoms with Gasteiger partial charge in [0.1, 0.15) is 11.5 Å². The number of methoxy groups -OCH3 is 1. The van der Waals surface area contributed by atoms with Crippen LogP contribution in [-0.4, -0.2) is 28.6 Å². The summed E-state index contributed by atoms with van der Waals surface area (Å²) in [6.07, 6.45) is 2.79. The number of hydrogen-bond donors (Lipinski definition) is 1. The summed E-state index contributed by atoms with van der Waals surface area (Å²) in [5.41, 5.74) is 2.70. The van der Waals surface area contributed by atoms with Gasteiger partial charge < -0.3 is 10.1 Å². The fourth-order valence-corrected chi connectivity index (χ4v) is 2.29. The van der Waals surface area contributed by atoms with Gasteiger partial charge in [-0.1, -0.05) is 6.92 Å². The summed E-state index contributed by atoms with van der Waals surface area (Å²) in [5, 5.41) is 3.30. The summed E-state index contributed by atoms with van der Waals surface area (Å²) in [4.78, 5) is 13.5. The van der Waals surface area contributed by atoms with Crippen molar-refractivity contribution >= 4 is 21.7 Å². The molecule has 2 aromatic heterocycles. The zero-order valence-corrected chi connectivity index (χ0v) is 14.1. The Bertz CT molecular complexity index is 619. The van der Waals surface area contributed by atoms with Crippen LogP contribution in [0.2, 0.25) is 0 Å². The Morgan fingerprint density at radius 2 is 2.14 bits per heavy atom. The smallest absolute Gasteiger partial charge is 0.180 e. The van der Waals surface area contributed by atoms with Crippen LogP contribution in [0.5, 0.6) is 0 Å². The second-order valence-corrected chi connectivity index (χ2v) is 5.53. The van der Waals surface area contributed by atoms with E-state index in [9.17, 15) is 0 Å². The number of pyridine rings is 1. The molecule has 0 saturated carbocycles. The van der Waals surface area contributed by atoms with Crippen molar-refractivity contribution in [2.45, 2.75) is 26.9 Å². The van der Waals surface area contributed by atoms with Crippen molar-refractivity contribution in [2.75, 3.05) is 19.0 Å². The molecule has 0 aliphatic carbocycles. The zero-order chi connectivity index (χ0) is 15.2. The molecule has 112 valence electrons. The highest BCUT2D eigenvalue weighted by Crippen LogP contribution is 2.27. The first-order valence-electron chi connectivity index (χ1n) is 6.88.